The summed E-state index contributed by atoms with van der Waals surface area (Å²) in [6.45, 7) is 1.31. The molecule has 0 aliphatic rings. The van der Waals surface area contributed by atoms with Gasteiger partial charge >= 0.3 is 6.18 Å². The third-order valence-electron chi connectivity index (χ3n) is 2.31. The van der Waals surface area contributed by atoms with Crippen molar-refractivity contribution in [2.75, 3.05) is 6.54 Å². The van der Waals surface area contributed by atoms with Gasteiger partial charge in [-0.05, 0) is 37.1 Å². The van der Waals surface area contributed by atoms with Crippen LogP contribution in [0.5, 0.6) is 0 Å². The van der Waals surface area contributed by atoms with E-state index in [4.69, 9.17) is 0 Å². The molecule has 1 N–H and O–H groups in total. The van der Waals surface area contributed by atoms with E-state index in [0.29, 0.717) is 19.5 Å². The first-order chi connectivity index (χ1) is 7.97. The molecule has 0 spiro atoms. The van der Waals surface area contributed by atoms with Crippen molar-refractivity contribution in [1.29, 1.82) is 0 Å². The Morgan fingerprint density at radius 2 is 1.71 bits per heavy atom. The lowest BCUT2D eigenvalue weighted by molar-refractivity contribution is -0.135. The lowest BCUT2D eigenvalue weighted by atomic mass is 10.2. The minimum absolute atomic E-state index is 0.191. The Labute approximate surface area is 108 Å². The molecular weight excluding hydrogens is 295 g/mol. The summed E-state index contributed by atoms with van der Waals surface area (Å²) in [5.41, 5.74) is 1.13. The van der Waals surface area contributed by atoms with Gasteiger partial charge in [-0.25, -0.2) is 0 Å². The molecule has 1 aromatic rings. The van der Waals surface area contributed by atoms with E-state index in [9.17, 15) is 13.2 Å². The van der Waals surface area contributed by atoms with Gasteiger partial charge in [-0.3, -0.25) is 0 Å². The van der Waals surface area contributed by atoms with E-state index in [1.165, 1.54) is 0 Å². The van der Waals surface area contributed by atoms with Gasteiger partial charge in [0.25, 0.3) is 0 Å². The number of nitrogens with one attached hydrogen (secondary N) is 1. The predicted molar refractivity (Wildman–Crippen MR) is 65.8 cm³/mol. The van der Waals surface area contributed by atoms with Crippen LogP contribution in [0.25, 0.3) is 0 Å². The van der Waals surface area contributed by atoms with Crippen LogP contribution in [0.1, 0.15) is 24.8 Å². The molecule has 0 aromatic heterocycles. The summed E-state index contributed by atoms with van der Waals surface area (Å²) < 4.78 is 36.5. The molecular formula is C12H15BrF3N. The third-order valence-corrected chi connectivity index (χ3v) is 2.83. The quantitative estimate of drug-likeness (QED) is 0.774. The number of benzene rings is 1. The van der Waals surface area contributed by atoms with Crippen LogP contribution >= 0.6 is 15.9 Å². The number of hydrogen-bond acceptors (Lipinski definition) is 1. The van der Waals surface area contributed by atoms with Crippen molar-refractivity contribution in [1.82, 2.24) is 5.32 Å². The van der Waals surface area contributed by atoms with Crippen molar-refractivity contribution in [2.45, 2.75) is 32.0 Å². The van der Waals surface area contributed by atoms with Crippen LogP contribution in [0.15, 0.2) is 28.7 Å². The monoisotopic (exact) mass is 309 g/mol. The van der Waals surface area contributed by atoms with E-state index in [1.54, 1.807) is 0 Å². The summed E-state index contributed by atoms with van der Waals surface area (Å²) in [4.78, 5) is 0. The Morgan fingerprint density at radius 1 is 1.06 bits per heavy atom. The predicted octanol–water partition coefficient (Wildman–Crippen LogP) is 4.27. The highest BCUT2D eigenvalue weighted by Crippen LogP contribution is 2.21. The SMILES string of the molecule is FC(F)(F)CCCCNCc1ccc(Br)cc1. The van der Waals surface area contributed by atoms with Crippen LogP contribution in [0, 0.1) is 0 Å². The molecule has 0 amide bonds. The van der Waals surface area contributed by atoms with Crippen molar-refractivity contribution >= 4 is 15.9 Å². The van der Waals surface area contributed by atoms with Crippen LogP contribution < -0.4 is 5.32 Å². The van der Waals surface area contributed by atoms with Crippen LogP contribution in [0.2, 0.25) is 0 Å². The second kappa shape index (κ2) is 7.01. The van der Waals surface area contributed by atoms with Gasteiger partial charge in [0.1, 0.15) is 0 Å². The van der Waals surface area contributed by atoms with Crippen molar-refractivity contribution < 1.29 is 13.2 Å². The zero-order chi connectivity index (χ0) is 12.7. The first-order valence-electron chi connectivity index (χ1n) is 5.49. The van der Waals surface area contributed by atoms with E-state index >= 15 is 0 Å². The largest absolute Gasteiger partial charge is 0.389 e. The van der Waals surface area contributed by atoms with Gasteiger partial charge in [-0.1, -0.05) is 28.1 Å². The van der Waals surface area contributed by atoms with Crippen molar-refractivity contribution in [2.24, 2.45) is 0 Å². The molecule has 0 fully saturated rings. The fraction of sp³-hybridized carbons (Fsp3) is 0.500. The molecule has 1 rings (SSSR count). The highest BCUT2D eigenvalue weighted by atomic mass is 79.9. The Morgan fingerprint density at radius 3 is 2.29 bits per heavy atom. The maximum Gasteiger partial charge on any atom is 0.389 e. The number of halogens is 4. The van der Waals surface area contributed by atoms with Crippen LogP contribution in [0.3, 0.4) is 0 Å². The molecule has 17 heavy (non-hydrogen) atoms. The highest BCUT2D eigenvalue weighted by molar-refractivity contribution is 9.10. The van der Waals surface area contributed by atoms with Crippen LogP contribution in [-0.4, -0.2) is 12.7 Å². The van der Waals surface area contributed by atoms with Gasteiger partial charge in [0.15, 0.2) is 0 Å². The van der Waals surface area contributed by atoms with Gasteiger partial charge in [0.2, 0.25) is 0 Å². The van der Waals surface area contributed by atoms with Gasteiger partial charge in [-0.15, -0.1) is 0 Å². The molecule has 0 unspecified atom stereocenters. The van der Waals surface area contributed by atoms with E-state index in [1.807, 2.05) is 24.3 Å². The normalized spacial score (nSPS) is 11.8. The molecule has 1 aromatic carbocycles. The van der Waals surface area contributed by atoms with Crippen LogP contribution in [0.4, 0.5) is 13.2 Å². The number of alkyl halides is 3. The lowest BCUT2D eigenvalue weighted by Gasteiger charge is -2.07. The average molecular weight is 310 g/mol. The minimum atomic E-state index is -4.02. The number of hydrogen-bond donors (Lipinski definition) is 1. The molecule has 0 bridgehead atoms. The minimum Gasteiger partial charge on any atom is -0.313 e. The average Bonchev–Trinajstić information content (AvgIpc) is 2.24. The first-order valence-corrected chi connectivity index (χ1v) is 6.28. The van der Waals surface area contributed by atoms with Crippen LogP contribution in [-0.2, 0) is 6.54 Å². The molecule has 96 valence electrons. The van der Waals surface area contributed by atoms with Crippen molar-refractivity contribution in [3.05, 3.63) is 34.3 Å². The molecule has 0 saturated carbocycles. The summed E-state index contributed by atoms with van der Waals surface area (Å²) in [7, 11) is 0. The smallest absolute Gasteiger partial charge is 0.313 e. The Kier molecular flexibility index (Phi) is 5.98. The fourth-order valence-corrected chi connectivity index (χ4v) is 1.67. The first kappa shape index (κ1) is 14.5. The van der Waals surface area contributed by atoms with Crippen molar-refractivity contribution in [3.8, 4) is 0 Å². The van der Waals surface area contributed by atoms with E-state index in [-0.39, 0.29) is 6.42 Å². The third kappa shape index (κ3) is 7.39. The van der Waals surface area contributed by atoms with Gasteiger partial charge in [0.05, 0.1) is 0 Å². The van der Waals surface area contributed by atoms with Gasteiger partial charge in [-0.2, -0.15) is 13.2 Å². The molecule has 0 heterocycles. The van der Waals surface area contributed by atoms with Gasteiger partial charge in [0, 0.05) is 17.4 Å². The second-order valence-electron chi connectivity index (χ2n) is 3.88. The highest BCUT2D eigenvalue weighted by Gasteiger charge is 2.25. The zero-order valence-electron chi connectivity index (χ0n) is 9.36. The maximum atomic E-state index is 11.8. The maximum absolute atomic E-state index is 11.8. The number of rotatable bonds is 6. The fourth-order valence-electron chi connectivity index (χ4n) is 1.41. The molecule has 0 saturated heterocycles. The lowest BCUT2D eigenvalue weighted by Crippen LogP contribution is -2.15. The summed E-state index contributed by atoms with van der Waals surface area (Å²) in [5, 5.41) is 3.12. The van der Waals surface area contributed by atoms with Crippen molar-refractivity contribution in [3.63, 3.8) is 0 Å². The summed E-state index contributed by atoms with van der Waals surface area (Å²) in [5.74, 6) is 0. The summed E-state index contributed by atoms with van der Waals surface area (Å²) in [6.07, 6.45) is -3.97. The summed E-state index contributed by atoms with van der Waals surface area (Å²) >= 11 is 3.34. The standard InChI is InChI=1S/C12H15BrF3N/c13-11-5-3-10(4-6-11)9-17-8-2-1-7-12(14,15)16/h3-6,17H,1-2,7-9H2. The van der Waals surface area contributed by atoms with E-state index in [2.05, 4.69) is 21.2 Å². The number of unbranched alkanes of at least 4 members (excludes halogenated alkanes) is 1. The molecule has 0 atom stereocenters. The van der Waals surface area contributed by atoms with E-state index in [0.717, 1.165) is 10.0 Å². The molecule has 0 aliphatic heterocycles. The molecule has 0 aliphatic carbocycles. The summed E-state index contributed by atoms with van der Waals surface area (Å²) in [6, 6.07) is 7.85. The van der Waals surface area contributed by atoms with E-state index < -0.39 is 12.6 Å². The Balaban J connectivity index is 2.07. The second-order valence-corrected chi connectivity index (χ2v) is 4.79. The van der Waals surface area contributed by atoms with Gasteiger partial charge < -0.3 is 5.32 Å². The Bertz CT molecular complexity index is 322. The Hall–Kier alpha value is -0.550. The zero-order valence-corrected chi connectivity index (χ0v) is 10.9. The molecule has 0 radical (unpaired) electrons. The topological polar surface area (TPSA) is 12.0 Å². The molecule has 5 heteroatoms. The molecule has 1 nitrogen and oxygen atoms in total.